The lowest BCUT2D eigenvalue weighted by molar-refractivity contribution is 0.337. The van der Waals surface area contributed by atoms with E-state index in [1.807, 2.05) is 6.92 Å². The third-order valence-corrected chi connectivity index (χ3v) is 3.65. The number of nitrogens with two attached hydrogens (primary N) is 1. The summed E-state index contributed by atoms with van der Waals surface area (Å²) in [5.74, 6) is 0.668. The molecule has 0 unspecified atom stereocenters. The Hall–Kier alpha value is -1.66. The van der Waals surface area contributed by atoms with Gasteiger partial charge in [-0.05, 0) is 47.1 Å². The van der Waals surface area contributed by atoms with E-state index in [0.29, 0.717) is 23.7 Å². The molecule has 0 fully saturated rings. The predicted molar refractivity (Wildman–Crippen MR) is 87.7 cm³/mol. The smallest absolute Gasteiger partial charge is 0.180 e. The van der Waals surface area contributed by atoms with Gasteiger partial charge in [0.25, 0.3) is 0 Å². The maximum Gasteiger partial charge on any atom is 0.180 e. The molecule has 0 bridgehead atoms. The van der Waals surface area contributed by atoms with Crippen molar-refractivity contribution in [1.29, 1.82) is 0 Å². The highest BCUT2D eigenvalue weighted by Gasteiger charge is 2.14. The van der Waals surface area contributed by atoms with E-state index in [9.17, 15) is 4.39 Å². The van der Waals surface area contributed by atoms with Crippen LogP contribution >= 0.6 is 28.1 Å². The molecule has 2 aromatic rings. The van der Waals surface area contributed by atoms with E-state index >= 15 is 0 Å². The van der Waals surface area contributed by atoms with Crippen LogP contribution in [0.3, 0.4) is 0 Å². The Morgan fingerprint density at radius 3 is 2.67 bits per heavy atom. The van der Waals surface area contributed by atoms with Crippen LogP contribution in [-0.4, -0.2) is 11.6 Å². The lowest BCUT2D eigenvalue weighted by atomic mass is 10.2. The second kappa shape index (κ2) is 6.87. The SMILES string of the molecule is CCOc1cccc(Oc2ccc(C(N)=S)c(Br)c2F)c1. The van der Waals surface area contributed by atoms with Crippen molar-refractivity contribution in [2.45, 2.75) is 6.92 Å². The maximum atomic E-state index is 14.2. The number of rotatable bonds is 5. The number of benzene rings is 2. The van der Waals surface area contributed by atoms with Gasteiger partial charge in [-0.3, -0.25) is 0 Å². The summed E-state index contributed by atoms with van der Waals surface area (Å²) in [4.78, 5) is 0.116. The molecule has 0 spiro atoms. The number of hydrogen-bond acceptors (Lipinski definition) is 3. The molecule has 0 aliphatic carbocycles. The number of halogens is 2. The van der Waals surface area contributed by atoms with E-state index in [1.54, 1.807) is 30.3 Å². The standard InChI is InChI=1S/C15H13BrFNO2S/c1-2-19-9-4-3-5-10(8-9)20-12-7-6-11(15(18)21)13(16)14(12)17/h3-8H,2H2,1H3,(H2,18,21). The van der Waals surface area contributed by atoms with E-state index < -0.39 is 5.82 Å². The highest BCUT2D eigenvalue weighted by Crippen LogP contribution is 2.32. The Morgan fingerprint density at radius 2 is 2.00 bits per heavy atom. The average Bonchev–Trinajstić information content (AvgIpc) is 2.44. The van der Waals surface area contributed by atoms with Gasteiger partial charge in [0, 0.05) is 11.6 Å². The molecular weight excluding hydrogens is 357 g/mol. The van der Waals surface area contributed by atoms with Crippen molar-refractivity contribution >= 4 is 33.1 Å². The maximum absolute atomic E-state index is 14.2. The number of hydrogen-bond donors (Lipinski definition) is 1. The average molecular weight is 370 g/mol. The summed E-state index contributed by atoms with van der Waals surface area (Å²) in [6.07, 6.45) is 0. The third-order valence-electron chi connectivity index (χ3n) is 2.66. The normalized spacial score (nSPS) is 10.2. The van der Waals surface area contributed by atoms with Crippen LogP contribution in [0.2, 0.25) is 0 Å². The van der Waals surface area contributed by atoms with Crippen molar-refractivity contribution in [3.05, 3.63) is 52.3 Å². The Kier molecular flexibility index (Phi) is 5.14. The second-order valence-electron chi connectivity index (χ2n) is 4.11. The summed E-state index contributed by atoms with van der Waals surface area (Å²) in [7, 11) is 0. The first-order chi connectivity index (χ1) is 10.0. The molecule has 21 heavy (non-hydrogen) atoms. The molecule has 110 valence electrons. The molecule has 2 rings (SSSR count). The molecule has 0 amide bonds. The fourth-order valence-electron chi connectivity index (χ4n) is 1.72. The lowest BCUT2D eigenvalue weighted by Gasteiger charge is -2.11. The van der Waals surface area contributed by atoms with Crippen molar-refractivity contribution in [3.63, 3.8) is 0 Å². The Morgan fingerprint density at radius 1 is 1.29 bits per heavy atom. The van der Waals surface area contributed by atoms with Crippen molar-refractivity contribution in [2.24, 2.45) is 5.73 Å². The van der Waals surface area contributed by atoms with Gasteiger partial charge in [0.2, 0.25) is 0 Å². The molecule has 0 saturated carbocycles. The minimum atomic E-state index is -0.554. The monoisotopic (exact) mass is 369 g/mol. The van der Waals surface area contributed by atoms with Crippen LogP contribution in [0.5, 0.6) is 17.2 Å². The van der Waals surface area contributed by atoms with Crippen LogP contribution in [0.1, 0.15) is 12.5 Å². The van der Waals surface area contributed by atoms with E-state index in [0.717, 1.165) is 0 Å². The van der Waals surface area contributed by atoms with Gasteiger partial charge in [-0.25, -0.2) is 4.39 Å². The van der Waals surface area contributed by atoms with E-state index in [-0.39, 0.29) is 15.2 Å². The summed E-state index contributed by atoms with van der Waals surface area (Å²) in [5, 5.41) is 0. The lowest BCUT2D eigenvalue weighted by Crippen LogP contribution is -2.11. The first-order valence-corrected chi connectivity index (χ1v) is 7.41. The molecule has 3 nitrogen and oxygen atoms in total. The molecule has 0 radical (unpaired) electrons. The highest BCUT2D eigenvalue weighted by molar-refractivity contribution is 9.10. The van der Waals surface area contributed by atoms with E-state index in [1.165, 1.54) is 6.07 Å². The number of thiocarbonyl (C=S) groups is 1. The first kappa shape index (κ1) is 15.7. The van der Waals surface area contributed by atoms with Crippen LogP contribution in [0.15, 0.2) is 40.9 Å². The fraction of sp³-hybridized carbons (Fsp3) is 0.133. The van der Waals surface area contributed by atoms with Gasteiger partial charge in [0.05, 0.1) is 11.1 Å². The van der Waals surface area contributed by atoms with Gasteiger partial charge >= 0.3 is 0 Å². The first-order valence-electron chi connectivity index (χ1n) is 6.21. The summed E-state index contributed by atoms with van der Waals surface area (Å²) in [5.41, 5.74) is 5.95. The topological polar surface area (TPSA) is 44.5 Å². The van der Waals surface area contributed by atoms with E-state index in [4.69, 9.17) is 27.4 Å². The van der Waals surface area contributed by atoms with Gasteiger partial charge in [-0.1, -0.05) is 18.3 Å². The summed E-state index contributed by atoms with van der Waals surface area (Å²) in [6.45, 7) is 2.44. The van der Waals surface area contributed by atoms with Crippen LogP contribution in [-0.2, 0) is 0 Å². The molecule has 0 aromatic heterocycles. The molecule has 0 heterocycles. The summed E-state index contributed by atoms with van der Waals surface area (Å²) >= 11 is 7.99. The molecule has 2 aromatic carbocycles. The van der Waals surface area contributed by atoms with Crippen LogP contribution in [0, 0.1) is 5.82 Å². The second-order valence-corrected chi connectivity index (χ2v) is 5.35. The van der Waals surface area contributed by atoms with Crippen molar-refractivity contribution in [3.8, 4) is 17.2 Å². The van der Waals surface area contributed by atoms with Gasteiger partial charge in [0.1, 0.15) is 16.5 Å². The van der Waals surface area contributed by atoms with Gasteiger partial charge in [0.15, 0.2) is 11.6 Å². The van der Waals surface area contributed by atoms with Gasteiger partial charge in [-0.2, -0.15) is 0 Å². The third kappa shape index (κ3) is 3.71. The van der Waals surface area contributed by atoms with Gasteiger partial charge in [-0.15, -0.1) is 0 Å². The largest absolute Gasteiger partial charge is 0.494 e. The molecule has 0 aliphatic rings. The van der Waals surface area contributed by atoms with Crippen molar-refractivity contribution in [1.82, 2.24) is 0 Å². The molecule has 2 N–H and O–H groups in total. The van der Waals surface area contributed by atoms with Gasteiger partial charge < -0.3 is 15.2 Å². The zero-order valence-corrected chi connectivity index (χ0v) is 13.6. The summed E-state index contributed by atoms with van der Waals surface area (Å²) in [6, 6.07) is 10.1. The Balaban J connectivity index is 2.30. The van der Waals surface area contributed by atoms with Crippen molar-refractivity contribution < 1.29 is 13.9 Å². The van der Waals surface area contributed by atoms with Crippen molar-refractivity contribution in [2.75, 3.05) is 6.61 Å². The Labute approximate surface area is 136 Å². The van der Waals surface area contributed by atoms with E-state index in [2.05, 4.69) is 15.9 Å². The minimum absolute atomic E-state index is 0.0792. The fourth-order valence-corrected chi connectivity index (χ4v) is 2.56. The zero-order valence-electron chi connectivity index (χ0n) is 11.2. The molecule has 0 atom stereocenters. The quantitative estimate of drug-likeness (QED) is 0.792. The zero-order chi connectivity index (χ0) is 15.4. The highest BCUT2D eigenvalue weighted by atomic mass is 79.9. The molecular formula is C15H13BrFNO2S. The Bertz CT molecular complexity index is 679. The molecule has 0 saturated heterocycles. The summed E-state index contributed by atoms with van der Waals surface area (Å²) < 4.78 is 25.3. The molecule has 6 heteroatoms. The predicted octanol–water partition coefficient (Wildman–Crippen LogP) is 4.41. The molecule has 0 aliphatic heterocycles. The number of ether oxygens (including phenoxy) is 2. The minimum Gasteiger partial charge on any atom is -0.494 e. The van der Waals surface area contributed by atoms with Crippen LogP contribution in [0.25, 0.3) is 0 Å². The van der Waals surface area contributed by atoms with Crippen LogP contribution < -0.4 is 15.2 Å². The van der Waals surface area contributed by atoms with Crippen LogP contribution in [0.4, 0.5) is 4.39 Å².